The molecule has 2 aromatic carbocycles. The smallest absolute Gasteiger partial charge is 0.573 e. The number of ether oxygens (including phenoxy) is 1. The number of halogens is 5. The summed E-state index contributed by atoms with van der Waals surface area (Å²) < 4.78 is 56.0. The van der Waals surface area contributed by atoms with Crippen LogP contribution in [0.5, 0.6) is 5.75 Å². The molecule has 1 atom stereocenters. The molecule has 1 aliphatic heterocycles. The van der Waals surface area contributed by atoms with E-state index >= 15 is 0 Å². The Morgan fingerprint density at radius 2 is 1.85 bits per heavy atom. The van der Waals surface area contributed by atoms with E-state index in [4.69, 9.17) is 23.2 Å². The Bertz CT molecular complexity index is 1030. The van der Waals surface area contributed by atoms with Gasteiger partial charge in [-0.1, -0.05) is 23.2 Å². The predicted octanol–water partition coefficient (Wildman–Crippen LogP) is 4.70. The number of amides is 1. The number of hydrogen-bond acceptors (Lipinski definition) is 5. The highest BCUT2D eigenvalue weighted by Crippen LogP contribution is 2.40. The largest absolute Gasteiger partial charge is 0.611 e. The third-order valence-corrected chi connectivity index (χ3v) is 7.24. The van der Waals surface area contributed by atoms with Crippen LogP contribution in [0.2, 0.25) is 10.0 Å². The average molecular weight is 538 g/mol. The van der Waals surface area contributed by atoms with E-state index in [1.165, 1.54) is 6.07 Å². The van der Waals surface area contributed by atoms with E-state index in [1.54, 1.807) is 30.0 Å². The van der Waals surface area contributed by atoms with E-state index in [1.807, 2.05) is 11.9 Å². The molecular formula is C22H24Cl2F3N3O3S. The fraction of sp³-hybridized carbons (Fsp3) is 0.409. The second-order valence-corrected chi connectivity index (χ2v) is 10.3. The van der Waals surface area contributed by atoms with Gasteiger partial charge in [-0.2, -0.15) is 0 Å². The highest BCUT2D eigenvalue weighted by atomic mass is 35.5. The lowest BCUT2D eigenvalue weighted by molar-refractivity contribution is -0.274. The molecule has 6 nitrogen and oxygen atoms in total. The molecule has 2 aromatic rings. The standard InChI is InChI=1S/C22H24Cl2F3N3O3S/c1-3-34(32)19-5-4-16(23)10-15(19)13-28-21(31)14-11-17(24)20(18(12-14)33-22(25,26)27)30-8-6-29(2)7-9-30/h4-5,10-12H,3,6-9,13H2,1-2H3,(H,28,31). The average Bonchev–Trinajstić information content (AvgIpc) is 2.76. The van der Waals surface area contributed by atoms with Gasteiger partial charge < -0.3 is 24.4 Å². The van der Waals surface area contributed by atoms with Gasteiger partial charge in [-0.05, 0) is 55.5 Å². The molecule has 1 unspecified atom stereocenters. The second-order valence-electron chi connectivity index (χ2n) is 7.71. The summed E-state index contributed by atoms with van der Waals surface area (Å²) in [5.74, 6) is -0.818. The highest BCUT2D eigenvalue weighted by Gasteiger charge is 2.34. The molecule has 0 radical (unpaired) electrons. The first-order valence-corrected chi connectivity index (χ1v) is 12.5. The van der Waals surface area contributed by atoms with Gasteiger partial charge in [0.05, 0.1) is 10.7 Å². The van der Waals surface area contributed by atoms with E-state index in [9.17, 15) is 22.5 Å². The van der Waals surface area contributed by atoms with Crippen molar-refractivity contribution in [1.29, 1.82) is 0 Å². The van der Waals surface area contributed by atoms with Crippen molar-refractivity contribution < 1.29 is 27.3 Å². The predicted molar refractivity (Wildman–Crippen MR) is 127 cm³/mol. The highest BCUT2D eigenvalue weighted by molar-refractivity contribution is 7.91. The third kappa shape index (κ3) is 6.85. The number of hydrogen-bond donors (Lipinski definition) is 1. The van der Waals surface area contributed by atoms with Gasteiger partial charge in [-0.15, -0.1) is 13.2 Å². The maximum atomic E-state index is 13.1. The molecule has 12 heteroatoms. The number of nitrogens with zero attached hydrogens (tertiary/aromatic N) is 2. The number of nitrogens with one attached hydrogen (secondary N) is 1. The van der Waals surface area contributed by atoms with Crippen molar-refractivity contribution in [2.24, 2.45) is 0 Å². The first kappa shape index (κ1) is 26.7. The van der Waals surface area contributed by atoms with Gasteiger partial charge >= 0.3 is 6.36 Å². The van der Waals surface area contributed by atoms with E-state index in [0.29, 0.717) is 47.4 Å². The monoisotopic (exact) mass is 537 g/mol. The number of likely N-dealkylation sites (N-methyl/N-ethyl adjacent to an activating group) is 1. The van der Waals surface area contributed by atoms with E-state index < -0.39 is 29.2 Å². The van der Waals surface area contributed by atoms with Gasteiger partial charge in [0.25, 0.3) is 5.91 Å². The lowest BCUT2D eigenvalue weighted by Crippen LogP contribution is -2.44. The van der Waals surface area contributed by atoms with Gasteiger partial charge in [0.2, 0.25) is 0 Å². The Hall–Kier alpha value is -1.85. The van der Waals surface area contributed by atoms with Crippen molar-refractivity contribution in [1.82, 2.24) is 10.2 Å². The SMILES string of the molecule is CC[S+]([O-])c1ccc(Cl)cc1CNC(=O)c1cc(Cl)c(N2CCN(C)CC2)c(OC(F)(F)F)c1. The summed E-state index contributed by atoms with van der Waals surface area (Å²) in [4.78, 5) is 17.1. The number of carbonyl (C=O) groups is 1. The minimum absolute atomic E-state index is 0.0201. The van der Waals surface area contributed by atoms with Crippen molar-refractivity contribution in [2.75, 3.05) is 43.9 Å². The summed E-state index contributed by atoms with van der Waals surface area (Å²) >= 11 is 11.1. The van der Waals surface area contributed by atoms with Crippen molar-refractivity contribution in [3.8, 4) is 5.75 Å². The number of benzene rings is 2. The molecule has 0 saturated carbocycles. The van der Waals surface area contributed by atoms with Crippen LogP contribution < -0.4 is 15.0 Å². The van der Waals surface area contributed by atoms with Gasteiger partial charge in [-0.3, -0.25) is 4.79 Å². The summed E-state index contributed by atoms with van der Waals surface area (Å²) in [6, 6.07) is 7.17. The fourth-order valence-electron chi connectivity index (χ4n) is 3.59. The molecular weight excluding hydrogens is 514 g/mol. The minimum Gasteiger partial charge on any atom is -0.611 e. The molecule has 1 fully saturated rings. The molecule has 0 bridgehead atoms. The number of anilines is 1. The lowest BCUT2D eigenvalue weighted by Gasteiger charge is -2.35. The maximum absolute atomic E-state index is 13.1. The summed E-state index contributed by atoms with van der Waals surface area (Å²) in [5.41, 5.74) is 0.550. The van der Waals surface area contributed by atoms with E-state index in [-0.39, 0.29) is 22.8 Å². The first-order chi connectivity index (χ1) is 16.0. The second kappa shape index (κ2) is 11.3. The normalized spacial score (nSPS) is 15.8. The number of carbonyl (C=O) groups excluding carboxylic acids is 1. The van der Waals surface area contributed by atoms with Crippen LogP contribution in [0.15, 0.2) is 35.2 Å². The van der Waals surface area contributed by atoms with Crippen molar-refractivity contribution >= 4 is 46.0 Å². The zero-order valence-electron chi connectivity index (χ0n) is 18.5. The Morgan fingerprint density at radius 3 is 2.47 bits per heavy atom. The van der Waals surface area contributed by atoms with Crippen LogP contribution in [-0.2, 0) is 17.7 Å². The van der Waals surface area contributed by atoms with Crippen LogP contribution in [0.4, 0.5) is 18.9 Å². The summed E-state index contributed by atoms with van der Waals surface area (Å²) in [7, 11) is 1.92. The Kier molecular flexibility index (Phi) is 8.86. The molecule has 186 valence electrons. The zero-order chi connectivity index (χ0) is 25.0. The first-order valence-electron chi connectivity index (χ1n) is 10.5. The zero-order valence-corrected chi connectivity index (χ0v) is 20.9. The topological polar surface area (TPSA) is 67.9 Å². The van der Waals surface area contributed by atoms with Crippen LogP contribution in [-0.4, -0.2) is 60.7 Å². The van der Waals surface area contributed by atoms with Gasteiger partial charge in [0, 0.05) is 48.9 Å². The summed E-state index contributed by atoms with van der Waals surface area (Å²) in [5, 5.41) is 3.02. The Labute approximate surface area is 209 Å². The van der Waals surface area contributed by atoms with Crippen LogP contribution in [0.1, 0.15) is 22.8 Å². The number of alkyl halides is 3. The molecule has 0 spiro atoms. The molecule has 1 N–H and O–H groups in total. The molecule has 1 saturated heterocycles. The third-order valence-electron chi connectivity index (χ3n) is 5.31. The number of rotatable bonds is 7. The van der Waals surface area contributed by atoms with E-state index in [0.717, 1.165) is 6.07 Å². The fourth-order valence-corrected chi connectivity index (χ4v) is 5.06. The Morgan fingerprint density at radius 1 is 1.18 bits per heavy atom. The van der Waals surface area contributed by atoms with E-state index in [2.05, 4.69) is 10.1 Å². The molecule has 1 amide bonds. The van der Waals surface area contributed by atoms with Crippen LogP contribution in [0.25, 0.3) is 0 Å². The summed E-state index contributed by atoms with van der Waals surface area (Å²) in [6.07, 6.45) is -4.96. The van der Waals surface area contributed by atoms with Crippen molar-refractivity contribution in [3.05, 3.63) is 51.5 Å². The number of piperazine rings is 1. The van der Waals surface area contributed by atoms with Crippen LogP contribution in [0, 0.1) is 0 Å². The molecule has 3 rings (SSSR count). The van der Waals surface area contributed by atoms with Gasteiger partial charge in [-0.25, -0.2) is 0 Å². The summed E-state index contributed by atoms with van der Waals surface area (Å²) in [6.45, 7) is 3.95. The molecule has 1 aliphatic rings. The minimum atomic E-state index is -4.96. The van der Waals surface area contributed by atoms with Crippen LogP contribution >= 0.6 is 23.2 Å². The molecule has 0 aliphatic carbocycles. The maximum Gasteiger partial charge on any atom is 0.573 e. The lowest BCUT2D eigenvalue weighted by atomic mass is 10.1. The van der Waals surface area contributed by atoms with Crippen LogP contribution in [0.3, 0.4) is 0 Å². The molecule has 1 heterocycles. The Balaban J connectivity index is 1.87. The van der Waals surface area contributed by atoms with Crippen molar-refractivity contribution in [2.45, 2.75) is 24.7 Å². The van der Waals surface area contributed by atoms with Crippen molar-refractivity contribution in [3.63, 3.8) is 0 Å². The quantitative estimate of drug-likeness (QED) is 0.518. The van der Waals surface area contributed by atoms with Gasteiger partial charge in [0.1, 0.15) is 5.75 Å². The molecule has 0 aromatic heterocycles. The molecule has 34 heavy (non-hydrogen) atoms. The van der Waals surface area contributed by atoms with Gasteiger partial charge in [0.15, 0.2) is 10.6 Å².